The quantitative estimate of drug-likeness (QED) is 0.759. The van der Waals surface area contributed by atoms with Crippen molar-refractivity contribution in [2.45, 2.75) is 25.7 Å². The van der Waals surface area contributed by atoms with Crippen LogP contribution in [0.2, 0.25) is 0 Å². The van der Waals surface area contributed by atoms with E-state index in [-0.39, 0.29) is 5.82 Å². The van der Waals surface area contributed by atoms with Gasteiger partial charge < -0.3 is 10.1 Å². The first-order chi connectivity index (χ1) is 12.8. The molecule has 134 valence electrons. The minimum absolute atomic E-state index is 0.264. The van der Waals surface area contributed by atoms with E-state index in [2.05, 4.69) is 17.4 Å². The highest BCUT2D eigenvalue weighted by Crippen LogP contribution is 2.30. The van der Waals surface area contributed by atoms with Crippen LogP contribution in [0.5, 0.6) is 5.75 Å². The number of para-hydroxylation sites is 1. The Kier molecular flexibility index (Phi) is 4.61. The number of nitrogens with one attached hydrogen (secondary N) is 1. The largest absolute Gasteiger partial charge is 0.497 e. The summed E-state index contributed by atoms with van der Waals surface area (Å²) in [7, 11) is 1.66. The Hall–Kier alpha value is -2.82. The predicted molar refractivity (Wildman–Crippen MR) is 101 cm³/mol. The normalized spacial score (nSPS) is 13.6. The summed E-state index contributed by atoms with van der Waals surface area (Å²) in [6.45, 7) is 0.884. The van der Waals surface area contributed by atoms with E-state index in [0.717, 1.165) is 55.1 Å². The Morgan fingerprint density at radius 1 is 1.12 bits per heavy atom. The first-order valence-electron chi connectivity index (χ1n) is 8.99. The van der Waals surface area contributed by atoms with Crippen LogP contribution in [0.25, 0.3) is 5.69 Å². The van der Waals surface area contributed by atoms with Crippen molar-refractivity contribution in [3.8, 4) is 11.4 Å². The smallest absolute Gasteiger partial charge is 0.148 e. The fraction of sp³-hybridized carbons (Fsp3) is 0.286. The van der Waals surface area contributed by atoms with Crippen molar-refractivity contribution < 1.29 is 9.13 Å². The molecule has 0 bridgehead atoms. The number of hydrogen-bond acceptors (Lipinski definition) is 3. The summed E-state index contributed by atoms with van der Waals surface area (Å²) in [5, 5.41) is 8.24. The third-order valence-corrected chi connectivity index (χ3v) is 4.82. The fourth-order valence-electron chi connectivity index (χ4n) is 3.45. The molecule has 1 aliphatic rings. The molecule has 1 N–H and O–H groups in total. The number of nitrogens with zero attached hydrogens (tertiary/aromatic N) is 2. The molecule has 3 aromatic rings. The summed E-state index contributed by atoms with van der Waals surface area (Å²) in [4.78, 5) is 0. The lowest BCUT2D eigenvalue weighted by Crippen LogP contribution is -2.08. The Bertz CT molecular complexity index is 902. The second kappa shape index (κ2) is 7.20. The standard InChI is InChI=1S/C21H22FN3O/c1-26-16-11-9-15(10-12-16)14-19-17-6-4-5-13-23-21(17)25(24-19)20-8-3-2-7-18(20)22/h2-3,7-12,23H,4-6,13-14H2,1H3. The first-order valence-corrected chi connectivity index (χ1v) is 8.99. The molecule has 4 rings (SSSR count). The number of rotatable bonds is 4. The summed E-state index contributed by atoms with van der Waals surface area (Å²) in [6, 6.07) is 14.8. The number of benzene rings is 2. The molecule has 0 unspecified atom stereocenters. The van der Waals surface area contributed by atoms with E-state index < -0.39 is 0 Å². The summed E-state index contributed by atoms with van der Waals surface area (Å²) in [5.74, 6) is 1.50. The molecule has 1 aliphatic heterocycles. The second-order valence-electron chi connectivity index (χ2n) is 6.55. The number of anilines is 1. The fourth-order valence-corrected chi connectivity index (χ4v) is 3.45. The highest BCUT2D eigenvalue weighted by molar-refractivity contribution is 5.55. The monoisotopic (exact) mass is 351 g/mol. The van der Waals surface area contributed by atoms with Crippen LogP contribution in [-0.4, -0.2) is 23.4 Å². The van der Waals surface area contributed by atoms with E-state index in [1.54, 1.807) is 23.9 Å². The summed E-state index contributed by atoms with van der Waals surface area (Å²) >= 11 is 0. The lowest BCUT2D eigenvalue weighted by Gasteiger charge is -2.09. The van der Waals surface area contributed by atoms with Crippen LogP contribution in [0.3, 0.4) is 0 Å². The lowest BCUT2D eigenvalue weighted by molar-refractivity contribution is 0.414. The van der Waals surface area contributed by atoms with Gasteiger partial charge in [0.05, 0.1) is 12.8 Å². The average molecular weight is 351 g/mol. The van der Waals surface area contributed by atoms with Crippen molar-refractivity contribution >= 4 is 5.82 Å². The molecule has 0 saturated carbocycles. The Balaban J connectivity index is 1.75. The topological polar surface area (TPSA) is 39.1 Å². The number of hydrogen-bond donors (Lipinski definition) is 1. The van der Waals surface area contributed by atoms with Gasteiger partial charge in [-0.25, -0.2) is 9.07 Å². The first kappa shape index (κ1) is 16.6. The van der Waals surface area contributed by atoms with Gasteiger partial charge in [0.25, 0.3) is 0 Å². The summed E-state index contributed by atoms with van der Waals surface area (Å²) in [6.07, 6.45) is 3.89. The number of fused-ring (bicyclic) bond motifs is 1. The van der Waals surface area contributed by atoms with Gasteiger partial charge in [-0.05, 0) is 49.1 Å². The molecule has 26 heavy (non-hydrogen) atoms. The molecule has 0 radical (unpaired) electrons. The van der Waals surface area contributed by atoms with Crippen molar-refractivity contribution in [3.05, 3.63) is 71.2 Å². The van der Waals surface area contributed by atoms with Crippen molar-refractivity contribution in [2.24, 2.45) is 0 Å². The van der Waals surface area contributed by atoms with Gasteiger partial charge in [-0.15, -0.1) is 0 Å². The van der Waals surface area contributed by atoms with Crippen LogP contribution in [0.4, 0.5) is 10.2 Å². The number of halogens is 1. The van der Waals surface area contributed by atoms with E-state index in [1.807, 2.05) is 18.2 Å². The van der Waals surface area contributed by atoms with Gasteiger partial charge in [-0.3, -0.25) is 0 Å². The van der Waals surface area contributed by atoms with Crippen LogP contribution in [0, 0.1) is 5.82 Å². The molecule has 0 fully saturated rings. The maximum absolute atomic E-state index is 14.4. The van der Waals surface area contributed by atoms with E-state index in [4.69, 9.17) is 9.84 Å². The molecular weight excluding hydrogens is 329 g/mol. The average Bonchev–Trinajstić information content (AvgIpc) is 2.84. The summed E-state index contributed by atoms with van der Waals surface area (Å²) < 4.78 is 21.3. The minimum atomic E-state index is -0.264. The Morgan fingerprint density at radius 3 is 2.69 bits per heavy atom. The van der Waals surface area contributed by atoms with Gasteiger partial charge >= 0.3 is 0 Å². The van der Waals surface area contributed by atoms with Gasteiger partial charge in [0.2, 0.25) is 0 Å². The van der Waals surface area contributed by atoms with Crippen molar-refractivity contribution in [2.75, 3.05) is 19.0 Å². The molecule has 0 spiro atoms. The maximum Gasteiger partial charge on any atom is 0.148 e. The maximum atomic E-state index is 14.4. The molecule has 0 atom stereocenters. The highest BCUT2D eigenvalue weighted by atomic mass is 19.1. The molecule has 5 heteroatoms. The third-order valence-electron chi connectivity index (χ3n) is 4.82. The number of ether oxygens (including phenoxy) is 1. The van der Waals surface area contributed by atoms with E-state index in [1.165, 1.54) is 11.6 Å². The molecule has 2 heterocycles. The van der Waals surface area contributed by atoms with Crippen LogP contribution < -0.4 is 10.1 Å². The van der Waals surface area contributed by atoms with Crippen LogP contribution in [0.1, 0.15) is 29.7 Å². The molecule has 0 amide bonds. The van der Waals surface area contributed by atoms with Crippen molar-refractivity contribution in [1.29, 1.82) is 0 Å². The van der Waals surface area contributed by atoms with E-state index >= 15 is 0 Å². The predicted octanol–water partition coefficient (Wildman–Crippen LogP) is 4.36. The zero-order valence-electron chi connectivity index (χ0n) is 14.8. The van der Waals surface area contributed by atoms with Gasteiger partial charge in [0, 0.05) is 18.5 Å². The number of aromatic nitrogens is 2. The Morgan fingerprint density at radius 2 is 1.92 bits per heavy atom. The SMILES string of the molecule is COc1ccc(Cc2nn(-c3ccccc3F)c3c2CCCCN3)cc1. The van der Waals surface area contributed by atoms with Crippen LogP contribution in [0.15, 0.2) is 48.5 Å². The van der Waals surface area contributed by atoms with Gasteiger partial charge in [0.1, 0.15) is 23.1 Å². The van der Waals surface area contributed by atoms with E-state index in [9.17, 15) is 4.39 Å². The highest BCUT2D eigenvalue weighted by Gasteiger charge is 2.22. The minimum Gasteiger partial charge on any atom is -0.497 e. The Labute approximate surface area is 152 Å². The lowest BCUT2D eigenvalue weighted by atomic mass is 10.0. The van der Waals surface area contributed by atoms with Crippen LogP contribution in [-0.2, 0) is 12.8 Å². The third kappa shape index (κ3) is 3.17. The zero-order chi connectivity index (χ0) is 17.9. The molecule has 0 saturated heterocycles. The van der Waals surface area contributed by atoms with Gasteiger partial charge in [-0.1, -0.05) is 24.3 Å². The molecule has 1 aromatic heterocycles. The van der Waals surface area contributed by atoms with Crippen molar-refractivity contribution in [3.63, 3.8) is 0 Å². The molecular formula is C21H22FN3O. The second-order valence-corrected chi connectivity index (χ2v) is 6.55. The molecule has 2 aromatic carbocycles. The van der Waals surface area contributed by atoms with Crippen molar-refractivity contribution in [1.82, 2.24) is 9.78 Å². The number of methoxy groups -OCH3 is 1. The van der Waals surface area contributed by atoms with Crippen LogP contribution >= 0.6 is 0 Å². The zero-order valence-corrected chi connectivity index (χ0v) is 14.8. The summed E-state index contributed by atoms with van der Waals surface area (Å²) in [5.41, 5.74) is 3.85. The van der Waals surface area contributed by atoms with Gasteiger partial charge in [0.15, 0.2) is 0 Å². The molecule has 4 nitrogen and oxygen atoms in total. The molecule has 0 aliphatic carbocycles. The van der Waals surface area contributed by atoms with E-state index in [0.29, 0.717) is 5.69 Å². The van der Waals surface area contributed by atoms with Gasteiger partial charge in [-0.2, -0.15) is 5.10 Å².